The van der Waals surface area contributed by atoms with Gasteiger partial charge in [-0.25, -0.2) is 4.98 Å². The van der Waals surface area contributed by atoms with Crippen LogP contribution >= 0.6 is 0 Å². The Kier molecular flexibility index (Phi) is 3.90. The quantitative estimate of drug-likeness (QED) is 0.808. The molecular formula is C13H22N4O. The maximum absolute atomic E-state index is 5.85. The van der Waals surface area contributed by atoms with Crippen molar-refractivity contribution in [3.63, 3.8) is 0 Å². The molecular weight excluding hydrogens is 228 g/mol. The first-order valence-electron chi connectivity index (χ1n) is 7.10. The van der Waals surface area contributed by atoms with Gasteiger partial charge in [-0.15, -0.1) is 0 Å². The molecule has 0 aromatic carbocycles. The third-order valence-corrected chi connectivity index (χ3v) is 4.08. The molecule has 2 fully saturated rings. The average Bonchev–Trinajstić information content (AvgIpc) is 3.04. The maximum Gasteiger partial charge on any atom is 0.137 e. The van der Waals surface area contributed by atoms with Crippen molar-refractivity contribution >= 4 is 0 Å². The highest BCUT2D eigenvalue weighted by Crippen LogP contribution is 2.22. The fourth-order valence-electron chi connectivity index (χ4n) is 3.10. The van der Waals surface area contributed by atoms with E-state index in [0.29, 0.717) is 12.1 Å². The predicted molar refractivity (Wildman–Crippen MR) is 68.2 cm³/mol. The number of ether oxygens (including phenoxy) is 1. The molecule has 5 nitrogen and oxygen atoms in total. The highest BCUT2D eigenvalue weighted by atomic mass is 16.5. The summed E-state index contributed by atoms with van der Waals surface area (Å²) in [5, 5.41) is 4.21. The van der Waals surface area contributed by atoms with Crippen LogP contribution in [0.1, 0.15) is 32.1 Å². The van der Waals surface area contributed by atoms with E-state index in [-0.39, 0.29) is 0 Å². The highest BCUT2D eigenvalue weighted by molar-refractivity contribution is 4.82. The number of nitrogens with zero attached hydrogens (tertiary/aromatic N) is 4. The lowest BCUT2D eigenvalue weighted by atomic mass is 10.1. The Morgan fingerprint density at radius 1 is 1.17 bits per heavy atom. The van der Waals surface area contributed by atoms with Crippen molar-refractivity contribution in [3.8, 4) is 0 Å². The molecule has 3 heterocycles. The minimum absolute atomic E-state index is 0.454. The first kappa shape index (κ1) is 12.1. The molecule has 18 heavy (non-hydrogen) atoms. The van der Waals surface area contributed by atoms with Crippen molar-refractivity contribution in [2.75, 3.05) is 19.7 Å². The summed E-state index contributed by atoms with van der Waals surface area (Å²) in [7, 11) is 0. The first-order valence-corrected chi connectivity index (χ1v) is 7.10. The number of hydrogen-bond donors (Lipinski definition) is 0. The van der Waals surface area contributed by atoms with Crippen LogP contribution < -0.4 is 0 Å². The van der Waals surface area contributed by atoms with E-state index in [1.165, 1.54) is 38.6 Å². The van der Waals surface area contributed by atoms with Crippen molar-refractivity contribution in [3.05, 3.63) is 12.7 Å². The van der Waals surface area contributed by atoms with E-state index in [9.17, 15) is 0 Å². The molecule has 2 aliphatic rings. The van der Waals surface area contributed by atoms with Crippen LogP contribution in [-0.4, -0.2) is 51.5 Å². The van der Waals surface area contributed by atoms with Gasteiger partial charge in [-0.05, 0) is 38.6 Å². The van der Waals surface area contributed by atoms with Gasteiger partial charge < -0.3 is 4.74 Å². The van der Waals surface area contributed by atoms with Crippen molar-refractivity contribution in [1.82, 2.24) is 19.7 Å². The van der Waals surface area contributed by atoms with E-state index in [0.717, 1.165) is 19.7 Å². The zero-order valence-electron chi connectivity index (χ0n) is 10.9. The molecule has 5 heteroatoms. The third kappa shape index (κ3) is 2.90. The van der Waals surface area contributed by atoms with Crippen molar-refractivity contribution < 1.29 is 4.74 Å². The van der Waals surface area contributed by atoms with Crippen LogP contribution in [0.15, 0.2) is 12.7 Å². The second-order valence-corrected chi connectivity index (χ2v) is 5.40. The van der Waals surface area contributed by atoms with Gasteiger partial charge in [0.25, 0.3) is 0 Å². The van der Waals surface area contributed by atoms with E-state index in [1.54, 1.807) is 6.33 Å². The molecule has 2 aliphatic heterocycles. The summed E-state index contributed by atoms with van der Waals surface area (Å²) in [6.45, 7) is 4.22. The minimum Gasteiger partial charge on any atom is -0.377 e. The smallest absolute Gasteiger partial charge is 0.137 e. The number of aromatic nitrogens is 3. The normalized spacial score (nSPS) is 29.8. The molecule has 0 radical (unpaired) electrons. The molecule has 2 saturated heterocycles. The molecule has 0 bridgehead atoms. The Morgan fingerprint density at radius 2 is 2.17 bits per heavy atom. The Hall–Kier alpha value is -0.940. The van der Waals surface area contributed by atoms with Gasteiger partial charge in [0, 0.05) is 19.2 Å². The molecule has 0 amide bonds. The van der Waals surface area contributed by atoms with Gasteiger partial charge in [0.15, 0.2) is 0 Å². The number of hydrogen-bond acceptors (Lipinski definition) is 4. The van der Waals surface area contributed by atoms with E-state index in [1.807, 2.05) is 11.0 Å². The lowest BCUT2D eigenvalue weighted by Crippen LogP contribution is -2.40. The van der Waals surface area contributed by atoms with Gasteiger partial charge in [-0.2, -0.15) is 5.10 Å². The molecule has 2 atom stereocenters. The Bertz CT molecular complexity index is 348. The Labute approximate surface area is 108 Å². The van der Waals surface area contributed by atoms with Gasteiger partial charge in [-0.1, -0.05) is 0 Å². The summed E-state index contributed by atoms with van der Waals surface area (Å²) in [4.78, 5) is 6.59. The lowest BCUT2D eigenvalue weighted by molar-refractivity contribution is -0.00911. The second kappa shape index (κ2) is 5.80. The van der Waals surface area contributed by atoms with Crippen molar-refractivity contribution in [2.24, 2.45) is 0 Å². The van der Waals surface area contributed by atoms with Crippen LogP contribution in [0.4, 0.5) is 0 Å². The number of rotatable bonds is 4. The standard InChI is InChI=1S/C13H22N4O/c1-2-7-18-13(5-1)9-16-6-3-4-12(16)8-17-11-14-10-15-17/h10-13H,1-9H2/t12-,13+/m1/s1. The van der Waals surface area contributed by atoms with Crippen LogP contribution in [-0.2, 0) is 11.3 Å². The minimum atomic E-state index is 0.454. The molecule has 0 unspecified atom stereocenters. The van der Waals surface area contributed by atoms with Crippen LogP contribution in [0.3, 0.4) is 0 Å². The zero-order chi connectivity index (χ0) is 12.2. The summed E-state index contributed by atoms with van der Waals surface area (Å²) in [5.74, 6) is 0. The summed E-state index contributed by atoms with van der Waals surface area (Å²) >= 11 is 0. The summed E-state index contributed by atoms with van der Waals surface area (Å²) in [6, 6.07) is 0.609. The SMILES string of the molecule is c1ncn(C[C@H]2CCCN2C[C@@H]2CCCCO2)n1. The van der Waals surface area contributed by atoms with E-state index in [2.05, 4.69) is 15.0 Å². The zero-order valence-corrected chi connectivity index (χ0v) is 10.9. The molecule has 0 N–H and O–H groups in total. The largest absolute Gasteiger partial charge is 0.377 e. The highest BCUT2D eigenvalue weighted by Gasteiger charge is 2.28. The predicted octanol–water partition coefficient (Wildman–Crippen LogP) is 1.31. The first-order chi connectivity index (χ1) is 8.92. The molecule has 100 valence electrons. The summed E-state index contributed by atoms with van der Waals surface area (Å²) in [5.41, 5.74) is 0. The topological polar surface area (TPSA) is 43.2 Å². The molecule has 1 aromatic rings. The summed E-state index contributed by atoms with van der Waals surface area (Å²) in [6.07, 6.45) is 10.2. The van der Waals surface area contributed by atoms with Gasteiger partial charge in [0.1, 0.15) is 12.7 Å². The monoisotopic (exact) mass is 250 g/mol. The fourth-order valence-corrected chi connectivity index (χ4v) is 3.10. The molecule has 0 aliphatic carbocycles. The van der Waals surface area contributed by atoms with Crippen LogP contribution in [0.5, 0.6) is 0 Å². The molecule has 1 aromatic heterocycles. The van der Waals surface area contributed by atoms with Crippen molar-refractivity contribution in [1.29, 1.82) is 0 Å². The van der Waals surface area contributed by atoms with Crippen molar-refractivity contribution in [2.45, 2.75) is 50.8 Å². The van der Waals surface area contributed by atoms with Gasteiger partial charge >= 0.3 is 0 Å². The lowest BCUT2D eigenvalue weighted by Gasteiger charge is -2.30. The second-order valence-electron chi connectivity index (χ2n) is 5.40. The maximum atomic E-state index is 5.85. The Morgan fingerprint density at radius 3 is 2.94 bits per heavy atom. The van der Waals surface area contributed by atoms with E-state index in [4.69, 9.17) is 4.74 Å². The average molecular weight is 250 g/mol. The van der Waals surface area contributed by atoms with Crippen LogP contribution in [0.25, 0.3) is 0 Å². The molecule has 0 saturated carbocycles. The third-order valence-electron chi connectivity index (χ3n) is 4.08. The van der Waals surface area contributed by atoms with Crippen LogP contribution in [0, 0.1) is 0 Å². The Balaban J connectivity index is 1.53. The fraction of sp³-hybridized carbons (Fsp3) is 0.846. The van der Waals surface area contributed by atoms with Gasteiger partial charge in [0.2, 0.25) is 0 Å². The van der Waals surface area contributed by atoms with Crippen LogP contribution in [0.2, 0.25) is 0 Å². The van der Waals surface area contributed by atoms with E-state index >= 15 is 0 Å². The number of likely N-dealkylation sites (tertiary alicyclic amines) is 1. The van der Waals surface area contributed by atoms with Gasteiger partial charge in [0.05, 0.1) is 12.6 Å². The molecule has 3 rings (SSSR count). The van der Waals surface area contributed by atoms with E-state index < -0.39 is 0 Å². The summed E-state index contributed by atoms with van der Waals surface area (Å²) < 4.78 is 7.80. The molecule has 0 spiro atoms. The van der Waals surface area contributed by atoms with Gasteiger partial charge in [-0.3, -0.25) is 9.58 Å².